The Morgan fingerprint density at radius 1 is 0.614 bits per heavy atom. The molecule has 0 spiro atoms. The summed E-state index contributed by atoms with van der Waals surface area (Å²) in [7, 11) is -1.01. The number of hydrogen-bond acceptors (Lipinski definition) is 13. The van der Waals surface area contributed by atoms with E-state index >= 15 is 0 Å². The predicted octanol–water partition coefficient (Wildman–Crippen LogP) is 13.0. The summed E-state index contributed by atoms with van der Waals surface area (Å²) in [5, 5.41) is 50.0. The van der Waals surface area contributed by atoms with Gasteiger partial charge in [-0.15, -0.1) is 6.58 Å². The molecule has 16 nitrogen and oxygen atoms in total. The van der Waals surface area contributed by atoms with Crippen LogP contribution in [0.1, 0.15) is 179 Å². The van der Waals surface area contributed by atoms with Crippen LogP contribution in [0, 0.1) is 0 Å². The first-order chi connectivity index (χ1) is 40.1. The lowest BCUT2D eigenvalue weighted by Crippen LogP contribution is -2.34. The first-order valence-electron chi connectivity index (χ1n) is 30.3. The van der Waals surface area contributed by atoms with E-state index in [1.54, 1.807) is 6.08 Å². The van der Waals surface area contributed by atoms with Crippen molar-refractivity contribution in [3.05, 3.63) is 132 Å². The molecule has 0 radical (unpaired) electrons. The molecule has 462 valence electrons. The van der Waals surface area contributed by atoms with Crippen LogP contribution in [0.3, 0.4) is 0 Å². The zero-order chi connectivity index (χ0) is 60.9. The molecule has 4 aromatic rings. The van der Waals surface area contributed by atoms with Crippen molar-refractivity contribution in [3.8, 4) is 22.3 Å². The third-order valence-corrected chi connectivity index (χ3v) is 16.6. The van der Waals surface area contributed by atoms with Gasteiger partial charge < -0.3 is 60.4 Å². The molecule has 0 heterocycles. The molecule has 0 bridgehead atoms. The molecule has 4 aromatic carbocycles. The fraction of sp³-hybridized carbons (Fsp3) is 0.561. The Kier molecular flexibility index (Phi) is 36.2. The molecular weight excluding hydrogens is 1070 g/mol. The highest BCUT2D eigenvalue weighted by Crippen LogP contribution is 2.48. The van der Waals surface area contributed by atoms with E-state index in [0.717, 1.165) is 57.8 Å². The zero-order valence-electron chi connectivity index (χ0n) is 50.8. The fourth-order valence-corrected chi connectivity index (χ4v) is 11.7. The second-order valence-electron chi connectivity index (χ2n) is 21.6. The van der Waals surface area contributed by atoms with Gasteiger partial charge in [-0.2, -0.15) is 0 Å². The lowest BCUT2D eigenvalue weighted by molar-refractivity contribution is -0.146. The first kappa shape index (κ1) is 72.0. The average molecular weight is 1170 g/mol. The van der Waals surface area contributed by atoms with Gasteiger partial charge in [0.1, 0.15) is 13.2 Å². The molecule has 0 saturated heterocycles. The van der Waals surface area contributed by atoms with Crippen LogP contribution in [-0.4, -0.2) is 131 Å². The largest absolute Gasteiger partial charge is 0.479 e. The van der Waals surface area contributed by atoms with Crippen LogP contribution < -0.4 is 16.4 Å². The van der Waals surface area contributed by atoms with Crippen molar-refractivity contribution in [2.75, 3.05) is 46.1 Å². The van der Waals surface area contributed by atoms with Crippen molar-refractivity contribution in [1.82, 2.24) is 15.3 Å². The molecule has 2 aliphatic carbocycles. The van der Waals surface area contributed by atoms with E-state index < -0.39 is 32.8 Å². The number of unbranched alkanes of at least 4 members (excludes halogenated alkanes) is 5. The Bertz CT molecular complexity index is 2220. The summed E-state index contributed by atoms with van der Waals surface area (Å²) in [6.07, 6.45) is 12.2. The van der Waals surface area contributed by atoms with Gasteiger partial charge in [-0.25, -0.2) is 19.1 Å². The molecule has 1 unspecified atom stereocenters. The van der Waals surface area contributed by atoms with Crippen molar-refractivity contribution in [1.29, 1.82) is 0 Å². The Hall–Kier alpha value is -5.26. The van der Waals surface area contributed by atoms with E-state index in [0.29, 0.717) is 76.9 Å². The van der Waals surface area contributed by atoms with Gasteiger partial charge in [0, 0.05) is 37.0 Å². The molecule has 0 aromatic heterocycles. The van der Waals surface area contributed by atoms with Crippen LogP contribution in [0.25, 0.3) is 22.3 Å². The highest BCUT2D eigenvalue weighted by Gasteiger charge is 2.31. The highest BCUT2D eigenvalue weighted by atomic mass is 31.2. The Morgan fingerprint density at radius 2 is 1.04 bits per heavy atom. The molecule has 6 rings (SSSR count). The van der Waals surface area contributed by atoms with Gasteiger partial charge in [0.2, 0.25) is 0 Å². The zero-order valence-corrected chi connectivity index (χ0v) is 51.7. The number of fused-ring (bicyclic) bond motifs is 6. The van der Waals surface area contributed by atoms with Crippen LogP contribution in [0.4, 0.5) is 9.59 Å². The molecule has 9 N–H and O–H groups in total. The molecular formula is C66H101N4O12P. The van der Waals surface area contributed by atoms with Gasteiger partial charge in [0.25, 0.3) is 8.53 Å². The SMILES string of the molecule is C=CCOP(O[C@H](CC)CCCCC)N(C(C)C)C(C)C.CC[C@@H](O)CCCCNC(=O)OCC1c2ccccc2-c2ccccc21.NCCCC[C@H](O)C(=O)O.O=C(NCCCC[C@H](O)CO)OCC1c2ccccc2-c2ccccc21. The quantitative estimate of drug-likeness (QED) is 0.0123. The van der Waals surface area contributed by atoms with Gasteiger partial charge in [0.15, 0.2) is 6.10 Å². The molecule has 83 heavy (non-hydrogen) atoms. The third kappa shape index (κ3) is 25.9. The first-order valence-corrected chi connectivity index (χ1v) is 31.4. The number of benzene rings is 4. The maximum absolute atomic E-state index is 12.0. The number of nitrogens with two attached hydrogens (primary N) is 1. The summed E-state index contributed by atoms with van der Waals surface area (Å²) in [6, 6.07) is 33.9. The van der Waals surface area contributed by atoms with Gasteiger partial charge in [0.05, 0.1) is 31.5 Å². The van der Waals surface area contributed by atoms with Crippen molar-refractivity contribution in [2.24, 2.45) is 5.73 Å². The van der Waals surface area contributed by atoms with Crippen molar-refractivity contribution >= 4 is 26.7 Å². The summed E-state index contributed by atoms with van der Waals surface area (Å²) in [4.78, 5) is 34.0. The van der Waals surface area contributed by atoms with E-state index in [1.165, 1.54) is 63.8 Å². The summed E-state index contributed by atoms with van der Waals surface area (Å²) >= 11 is 0. The minimum Gasteiger partial charge on any atom is -0.479 e. The Morgan fingerprint density at radius 3 is 1.41 bits per heavy atom. The average Bonchev–Trinajstić information content (AvgIpc) is 2.80. The number of hydrogen-bond donors (Lipinski definition) is 8. The van der Waals surface area contributed by atoms with E-state index in [2.05, 4.69) is 112 Å². The second-order valence-corrected chi connectivity index (χ2v) is 23.0. The smallest absolute Gasteiger partial charge is 0.407 e. The van der Waals surface area contributed by atoms with Crippen LogP contribution in [0.2, 0.25) is 0 Å². The maximum Gasteiger partial charge on any atom is 0.407 e. The topological polar surface area (TPSA) is 243 Å². The summed E-state index contributed by atoms with van der Waals surface area (Å²) in [5.74, 6) is -1.00. The maximum atomic E-state index is 12.0. The number of alkyl carbamates (subject to hydrolysis) is 2. The number of aliphatic carboxylic acids is 1. The van der Waals surface area contributed by atoms with Crippen LogP contribution in [0.5, 0.6) is 0 Å². The third-order valence-electron chi connectivity index (χ3n) is 14.4. The molecule has 17 heteroatoms. The second kappa shape index (κ2) is 41.7. The number of nitrogens with one attached hydrogen (secondary N) is 2. The number of carboxylic acids is 1. The van der Waals surface area contributed by atoms with Crippen LogP contribution >= 0.6 is 8.53 Å². The number of aliphatic hydroxyl groups excluding tert-OH is 4. The van der Waals surface area contributed by atoms with Gasteiger partial charge in [-0.1, -0.05) is 143 Å². The summed E-state index contributed by atoms with van der Waals surface area (Å²) in [5.41, 5.74) is 14.9. The van der Waals surface area contributed by atoms with Crippen molar-refractivity contribution < 1.29 is 58.4 Å². The lowest BCUT2D eigenvalue weighted by Gasteiger charge is -2.37. The van der Waals surface area contributed by atoms with Crippen LogP contribution in [-0.2, 0) is 23.3 Å². The van der Waals surface area contributed by atoms with E-state index in [-0.39, 0.29) is 30.6 Å². The monoisotopic (exact) mass is 1170 g/mol. The summed E-state index contributed by atoms with van der Waals surface area (Å²) < 4.78 is 25.6. The molecule has 5 atom stereocenters. The fourth-order valence-electron chi connectivity index (χ4n) is 9.91. The van der Waals surface area contributed by atoms with E-state index in [9.17, 15) is 24.6 Å². The van der Waals surface area contributed by atoms with Crippen molar-refractivity contribution in [2.45, 2.75) is 193 Å². The minimum atomic E-state index is -1.22. The number of carbonyl (C=O) groups excluding carboxylic acids is 2. The van der Waals surface area contributed by atoms with E-state index in [4.69, 9.17) is 39.6 Å². The lowest BCUT2D eigenvalue weighted by atomic mass is 9.98. The number of nitrogens with zero attached hydrogens (tertiary/aromatic N) is 1. The number of carbonyl (C=O) groups is 3. The van der Waals surface area contributed by atoms with E-state index in [1.807, 2.05) is 55.5 Å². The van der Waals surface area contributed by atoms with Gasteiger partial charge in [-0.3, -0.25) is 0 Å². The number of carboxylic acid groups (broad SMARTS) is 1. The number of aliphatic hydroxyl groups is 4. The molecule has 2 amide bonds. The Labute approximate surface area is 497 Å². The molecule has 2 aliphatic rings. The molecule has 0 fully saturated rings. The van der Waals surface area contributed by atoms with Crippen LogP contribution in [0.15, 0.2) is 110 Å². The number of amides is 2. The van der Waals surface area contributed by atoms with Gasteiger partial charge in [-0.05, 0) is 156 Å². The highest BCUT2D eigenvalue weighted by molar-refractivity contribution is 7.44. The number of rotatable bonds is 34. The Balaban J connectivity index is 0.000000304. The standard InChI is InChI=1S/C22H27NO3.C21H25NO4.C17H36NO2P.C6H13NO3/c1-2-16(24)9-7-8-14-23-22(25)26-15-21-19-12-5-3-10-17(19)18-11-4-6-13-20(18)21;23-13-15(24)7-5-6-12-22-21(25)26-14-20-18-10-3-1-8-16(18)17-9-2-4-11-19(17)20;1-8-11-12-13-17(10-3)20-21(19-14-9-2)18(15(4)5)16(6)7;7-4-2-1-3-5(8)6(9)10/h3-6,10-13,16,21,24H,2,7-9,14-15H2,1H3,(H,23,25);1-4,8-11,15,20,23-24H,5-7,12-14H2,(H,22,25);9,15-17H,2,8,10-14H2,1,3-7H3;5,8H,1-4,7H2,(H,9,10)/t16-;15-;17-,21?;5-/m1010/s1. The molecule has 0 saturated carbocycles. The van der Waals surface area contributed by atoms with Gasteiger partial charge >= 0.3 is 18.2 Å². The predicted molar refractivity (Wildman–Crippen MR) is 334 cm³/mol. The minimum absolute atomic E-state index is 0.0628. The number of ether oxygens (including phenoxy) is 2. The normalized spacial score (nSPS) is 14.0. The van der Waals surface area contributed by atoms with Crippen molar-refractivity contribution in [3.63, 3.8) is 0 Å². The molecule has 0 aliphatic heterocycles. The summed E-state index contributed by atoms with van der Waals surface area (Å²) in [6.45, 7) is 21.6.